The van der Waals surface area contributed by atoms with E-state index in [0.717, 1.165) is 12.1 Å². The lowest BCUT2D eigenvalue weighted by molar-refractivity contribution is -0.168. The smallest absolute Gasteiger partial charge is 0.330 e. The molecule has 1 heterocycles. The molecule has 0 spiro atoms. The first-order valence-corrected chi connectivity index (χ1v) is 7.21. The largest absolute Gasteiger partial charge is 0.333 e. The van der Waals surface area contributed by atoms with E-state index in [1.54, 1.807) is 12.1 Å². The molecule has 2 aromatic carbocycles. The predicted molar refractivity (Wildman–Crippen MR) is 77.7 cm³/mol. The zero-order valence-electron chi connectivity index (χ0n) is 12.6. The second kappa shape index (κ2) is 6.39. The van der Waals surface area contributed by atoms with E-state index in [2.05, 4.69) is 0 Å². The van der Waals surface area contributed by atoms with Crippen LogP contribution < -0.4 is 0 Å². The van der Waals surface area contributed by atoms with Gasteiger partial charge in [-0.1, -0.05) is 23.3 Å². The molecule has 25 heavy (non-hydrogen) atoms. The molecule has 8 heteroatoms. The number of fused-ring (bicyclic) bond motifs is 1. The SMILES string of the molecule is O=C(CCc1ccc(F)c(F)c1F)ON1C(=O)c2ccccc2C1=O. The lowest BCUT2D eigenvalue weighted by Crippen LogP contribution is -2.32. The minimum absolute atomic E-state index is 0.104. The number of hydrogen-bond donors (Lipinski definition) is 0. The first-order chi connectivity index (χ1) is 11.9. The fourth-order valence-electron chi connectivity index (χ4n) is 2.39. The van der Waals surface area contributed by atoms with Gasteiger partial charge in [-0.05, 0) is 30.2 Å². The average Bonchev–Trinajstić information content (AvgIpc) is 2.84. The molecule has 2 aromatic rings. The van der Waals surface area contributed by atoms with Gasteiger partial charge in [-0.15, -0.1) is 0 Å². The van der Waals surface area contributed by atoms with Crippen molar-refractivity contribution in [2.24, 2.45) is 0 Å². The van der Waals surface area contributed by atoms with E-state index >= 15 is 0 Å². The predicted octanol–water partition coefficient (Wildman–Crippen LogP) is 2.79. The van der Waals surface area contributed by atoms with Crippen LogP contribution in [0, 0.1) is 17.5 Å². The molecule has 5 nitrogen and oxygen atoms in total. The summed E-state index contributed by atoms with van der Waals surface area (Å²) in [6.07, 6.45) is -0.722. The van der Waals surface area contributed by atoms with Gasteiger partial charge in [-0.2, -0.15) is 0 Å². The van der Waals surface area contributed by atoms with Gasteiger partial charge in [0, 0.05) is 0 Å². The maximum Gasteiger partial charge on any atom is 0.333 e. The van der Waals surface area contributed by atoms with E-state index in [0.29, 0.717) is 5.06 Å². The molecular formula is C17H10F3NO4. The van der Waals surface area contributed by atoms with Gasteiger partial charge in [-0.3, -0.25) is 9.59 Å². The monoisotopic (exact) mass is 349 g/mol. The molecule has 0 unspecified atom stereocenters. The van der Waals surface area contributed by atoms with Gasteiger partial charge < -0.3 is 4.84 Å². The number of rotatable bonds is 4. The van der Waals surface area contributed by atoms with E-state index in [4.69, 9.17) is 4.84 Å². The van der Waals surface area contributed by atoms with E-state index < -0.39 is 41.7 Å². The summed E-state index contributed by atoms with van der Waals surface area (Å²) in [6, 6.07) is 7.69. The molecule has 0 radical (unpaired) electrons. The molecule has 0 aliphatic carbocycles. The number of aryl methyl sites for hydroxylation is 1. The van der Waals surface area contributed by atoms with Crippen LogP contribution in [-0.4, -0.2) is 22.8 Å². The van der Waals surface area contributed by atoms with Crippen molar-refractivity contribution in [1.29, 1.82) is 0 Å². The van der Waals surface area contributed by atoms with E-state index in [1.165, 1.54) is 12.1 Å². The number of carbonyl (C=O) groups is 3. The Morgan fingerprint density at radius 2 is 1.52 bits per heavy atom. The van der Waals surface area contributed by atoms with Crippen LogP contribution in [0.4, 0.5) is 13.2 Å². The molecule has 0 aromatic heterocycles. The molecule has 2 amide bonds. The van der Waals surface area contributed by atoms with E-state index in [1.807, 2.05) is 0 Å². The zero-order chi connectivity index (χ0) is 18.1. The van der Waals surface area contributed by atoms with Gasteiger partial charge in [0.1, 0.15) is 0 Å². The fraction of sp³-hybridized carbons (Fsp3) is 0.118. The molecule has 1 aliphatic heterocycles. The van der Waals surface area contributed by atoms with Crippen LogP contribution in [0.1, 0.15) is 32.7 Å². The summed E-state index contributed by atoms with van der Waals surface area (Å²) < 4.78 is 39.5. The summed E-state index contributed by atoms with van der Waals surface area (Å²) in [7, 11) is 0. The first kappa shape index (κ1) is 16.7. The quantitative estimate of drug-likeness (QED) is 0.629. The van der Waals surface area contributed by atoms with Crippen LogP contribution in [0.2, 0.25) is 0 Å². The van der Waals surface area contributed by atoms with E-state index in [9.17, 15) is 27.6 Å². The van der Waals surface area contributed by atoms with E-state index in [-0.39, 0.29) is 23.1 Å². The second-order valence-corrected chi connectivity index (χ2v) is 5.25. The summed E-state index contributed by atoms with van der Waals surface area (Å²) >= 11 is 0. The number of nitrogens with zero attached hydrogens (tertiary/aromatic N) is 1. The van der Waals surface area contributed by atoms with Gasteiger partial charge in [0.05, 0.1) is 17.5 Å². The average molecular weight is 349 g/mol. The topological polar surface area (TPSA) is 63.7 Å². The Morgan fingerprint density at radius 3 is 2.12 bits per heavy atom. The molecule has 0 saturated heterocycles. The van der Waals surface area contributed by atoms with Crippen molar-refractivity contribution >= 4 is 17.8 Å². The van der Waals surface area contributed by atoms with Crippen molar-refractivity contribution < 1.29 is 32.4 Å². The first-order valence-electron chi connectivity index (χ1n) is 7.21. The molecular weight excluding hydrogens is 339 g/mol. The van der Waals surface area contributed by atoms with Crippen molar-refractivity contribution in [1.82, 2.24) is 5.06 Å². The Hall–Kier alpha value is -3.16. The number of benzene rings is 2. The molecule has 0 saturated carbocycles. The molecule has 0 bridgehead atoms. The summed E-state index contributed by atoms with van der Waals surface area (Å²) in [5.74, 6) is -6.92. The highest BCUT2D eigenvalue weighted by molar-refractivity contribution is 6.20. The minimum atomic E-state index is -1.63. The summed E-state index contributed by atoms with van der Waals surface area (Å²) in [4.78, 5) is 40.6. The molecule has 3 rings (SSSR count). The lowest BCUT2D eigenvalue weighted by Gasteiger charge is -2.12. The number of halogens is 3. The van der Waals surface area contributed by atoms with Gasteiger partial charge in [0.2, 0.25) is 0 Å². The van der Waals surface area contributed by atoms with Crippen molar-refractivity contribution in [3.8, 4) is 0 Å². The third-order valence-corrected chi connectivity index (χ3v) is 3.66. The van der Waals surface area contributed by atoms with Crippen LogP contribution in [-0.2, 0) is 16.1 Å². The Morgan fingerprint density at radius 1 is 0.920 bits per heavy atom. The molecule has 0 N–H and O–H groups in total. The van der Waals surface area contributed by atoms with Crippen LogP contribution in [0.5, 0.6) is 0 Å². The second-order valence-electron chi connectivity index (χ2n) is 5.25. The van der Waals surface area contributed by atoms with Crippen LogP contribution in [0.3, 0.4) is 0 Å². The summed E-state index contributed by atoms with van der Waals surface area (Å²) in [5.41, 5.74) is -0.0166. The third-order valence-electron chi connectivity index (χ3n) is 3.66. The molecule has 0 atom stereocenters. The minimum Gasteiger partial charge on any atom is -0.330 e. The van der Waals surface area contributed by atoms with Gasteiger partial charge in [0.25, 0.3) is 11.8 Å². The zero-order valence-corrected chi connectivity index (χ0v) is 12.6. The highest BCUT2D eigenvalue weighted by atomic mass is 19.2. The number of hydroxylamine groups is 2. The molecule has 128 valence electrons. The fourth-order valence-corrected chi connectivity index (χ4v) is 2.39. The number of hydrogen-bond acceptors (Lipinski definition) is 4. The van der Waals surface area contributed by atoms with Gasteiger partial charge in [0.15, 0.2) is 17.5 Å². The highest BCUT2D eigenvalue weighted by Crippen LogP contribution is 2.23. The van der Waals surface area contributed by atoms with Crippen LogP contribution in [0.25, 0.3) is 0 Å². The van der Waals surface area contributed by atoms with Gasteiger partial charge in [-0.25, -0.2) is 18.0 Å². The third kappa shape index (κ3) is 2.98. The Kier molecular flexibility index (Phi) is 4.26. The van der Waals surface area contributed by atoms with Crippen molar-refractivity contribution in [3.05, 3.63) is 70.5 Å². The normalized spacial score (nSPS) is 13.2. The highest BCUT2D eigenvalue weighted by Gasteiger charge is 2.38. The van der Waals surface area contributed by atoms with Gasteiger partial charge >= 0.3 is 5.97 Å². The molecule has 0 fully saturated rings. The summed E-state index contributed by atoms with van der Waals surface area (Å²) in [6.45, 7) is 0. The van der Waals surface area contributed by atoms with Crippen molar-refractivity contribution in [2.75, 3.05) is 0 Å². The number of carbonyl (C=O) groups excluding carboxylic acids is 3. The Labute approximate surface area is 139 Å². The van der Waals surface area contributed by atoms with Crippen molar-refractivity contribution in [3.63, 3.8) is 0 Å². The standard InChI is InChI=1S/C17H10F3NO4/c18-12-7-5-9(14(19)15(12)20)6-8-13(22)25-21-16(23)10-3-1-2-4-11(10)17(21)24/h1-5,7H,6,8H2. The molecule has 1 aliphatic rings. The van der Waals surface area contributed by atoms with Crippen LogP contribution >= 0.6 is 0 Å². The Balaban J connectivity index is 1.66. The Bertz CT molecular complexity index is 862. The van der Waals surface area contributed by atoms with Crippen LogP contribution in [0.15, 0.2) is 36.4 Å². The van der Waals surface area contributed by atoms with Crippen molar-refractivity contribution in [2.45, 2.75) is 12.8 Å². The summed E-state index contributed by atoms with van der Waals surface area (Å²) in [5, 5.41) is 0.328. The maximum absolute atomic E-state index is 13.5. The lowest BCUT2D eigenvalue weighted by atomic mass is 10.1. The number of imide groups is 1. The number of amides is 2. The maximum atomic E-state index is 13.5.